The van der Waals surface area contributed by atoms with Crippen molar-refractivity contribution < 1.29 is 4.79 Å². The molecule has 6 heteroatoms. The van der Waals surface area contributed by atoms with Crippen molar-refractivity contribution in [3.8, 4) is 0 Å². The van der Waals surface area contributed by atoms with E-state index in [2.05, 4.69) is 15.0 Å². The number of rotatable bonds is 1. The number of pyridine rings is 1. The molecule has 0 atom stereocenters. The molecule has 2 heterocycles. The Hall–Kier alpha value is -1.91. The largest absolute Gasteiger partial charge is 0.286 e. The fourth-order valence-electron chi connectivity index (χ4n) is 1.21. The van der Waals surface area contributed by atoms with Gasteiger partial charge in [0, 0.05) is 16.0 Å². The summed E-state index contributed by atoms with van der Waals surface area (Å²) in [5.74, 6) is -0.557. The lowest BCUT2D eigenvalue weighted by atomic mass is 10.3. The molecule has 0 saturated carbocycles. The second-order valence-electron chi connectivity index (χ2n) is 2.95. The summed E-state index contributed by atoms with van der Waals surface area (Å²) in [6.07, 6.45) is 0. The first-order valence-electron chi connectivity index (χ1n) is 4.17. The van der Waals surface area contributed by atoms with Crippen molar-refractivity contribution in [1.82, 2.24) is 4.98 Å². The normalized spacial score (nSPS) is 9.93. The molecule has 74 valence electrons. The third-order valence-electron chi connectivity index (χ3n) is 1.87. The van der Waals surface area contributed by atoms with Gasteiger partial charge in [0.2, 0.25) is 0 Å². The Balaban J connectivity index is 2.56. The zero-order valence-corrected chi connectivity index (χ0v) is 8.65. The van der Waals surface area contributed by atoms with E-state index < -0.39 is 5.91 Å². The summed E-state index contributed by atoms with van der Waals surface area (Å²) in [4.78, 5) is 19.2. The summed E-state index contributed by atoms with van der Waals surface area (Å²) < 4.78 is 0. The van der Waals surface area contributed by atoms with Crippen molar-refractivity contribution in [2.24, 2.45) is 5.11 Å². The summed E-state index contributed by atoms with van der Waals surface area (Å²) in [6, 6.07) is 5.45. The van der Waals surface area contributed by atoms with Gasteiger partial charge in [0.15, 0.2) is 0 Å². The molecular formula is C9H6N4OS. The van der Waals surface area contributed by atoms with Crippen molar-refractivity contribution in [3.63, 3.8) is 0 Å². The van der Waals surface area contributed by atoms with E-state index in [1.807, 2.05) is 19.1 Å². The lowest BCUT2D eigenvalue weighted by Gasteiger charge is -1.89. The van der Waals surface area contributed by atoms with Gasteiger partial charge in [0.1, 0.15) is 4.83 Å². The van der Waals surface area contributed by atoms with Gasteiger partial charge in [-0.05, 0) is 29.7 Å². The maximum absolute atomic E-state index is 11.3. The van der Waals surface area contributed by atoms with Gasteiger partial charge in [0.05, 0.1) is 4.88 Å². The van der Waals surface area contributed by atoms with Crippen molar-refractivity contribution in [1.29, 1.82) is 0 Å². The Morgan fingerprint density at radius 1 is 1.60 bits per heavy atom. The van der Waals surface area contributed by atoms with Crippen molar-refractivity contribution in [2.75, 3.05) is 0 Å². The van der Waals surface area contributed by atoms with Gasteiger partial charge in [-0.25, -0.2) is 4.98 Å². The van der Waals surface area contributed by atoms with E-state index in [9.17, 15) is 4.79 Å². The van der Waals surface area contributed by atoms with Gasteiger partial charge in [-0.15, -0.1) is 11.3 Å². The van der Waals surface area contributed by atoms with Crippen LogP contribution in [0.3, 0.4) is 0 Å². The molecule has 0 fully saturated rings. The quantitative estimate of drug-likeness (QED) is 0.419. The Morgan fingerprint density at radius 2 is 2.40 bits per heavy atom. The number of nitrogens with zero attached hydrogens (tertiary/aromatic N) is 4. The molecule has 5 nitrogen and oxygen atoms in total. The number of aromatic nitrogens is 1. The minimum Gasteiger partial charge on any atom is -0.286 e. The molecule has 0 bridgehead atoms. The van der Waals surface area contributed by atoms with Gasteiger partial charge in [-0.2, -0.15) is 0 Å². The number of fused-ring (bicyclic) bond motifs is 1. The van der Waals surface area contributed by atoms with Crippen LogP contribution in [-0.4, -0.2) is 10.9 Å². The fraction of sp³-hybridized carbons (Fsp3) is 0.111. The van der Waals surface area contributed by atoms with Crippen molar-refractivity contribution >= 4 is 27.5 Å². The number of carbonyl (C=O) groups is 1. The van der Waals surface area contributed by atoms with Crippen LogP contribution in [0.5, 0.6) is 0 Å². The lowest BCUT2D eigenvalue weighted by Crippen LogP contribution is -1.86. The molecule has 2 aromatic heterocycles. The second-order valence-corrected chi connectivity index (χ2v) is 3.98. The van der Waals surface area contributed by atoms with Crippen LogP contribution in [0.1, 0.15) is 15.4 Å². The Labute approximate surface area is 89.0 Å². The molecule has 1 amide bonds. The van der Waals surface area contributed by atoms with Crippen LogP contribution in [0.15, 0.2) is 23.3 Å². The van der Waals surface area contributed by atoms with E-state index in [1.165, 1.54) is 11.3 Å². The topological polar surface area (TPSA) is 78.7 Å². The van der Waals surface area contributed by atoms with E-state index in [-0.39, 0.29) is 0 Å². The van der Waals surface area contributed by atoms with E-state index in [1.54, 1.807) is 6.07 Å². The molecule has 0 aliphatic heterocycles. The number of hydrogen-bond acceptors (Lipinski definition) is 3. The van der Waals surface area contributed by atoms with Crippen LogP contribution in [0, 0.1) is 6.92 Å². The third kappa shape index (κ3) is 1.81. The van der Waals surface area contributed by atoms with Crippen LogP contribution in [-0.2, 0) is 0 Å². The molecule has 15 heavy (non-hydrogen) atoms. The predicted octanol–water partition coefficient (Wildman–Crippen LogP) is 3.06. The Kier molecular flexibility index (Phi) is 2.37. The number of hydrogen-bond donors (Lipinski definition) is 0. The molecule has 0 N–H and O–H groups in total. The van der Waals surface area contributed by atoms with Crippen LogP contribution in [0.25, 0.3) is 20.7 Å². The van der Waals surface area contributed by atoms with Crippen molar-refractivity contribution in [3.05, 3.63) is 39.2 Å². The van der Waals surface area contributed by atoms with Gasteiger partial charge in [-0.3, -0.25) is 4.79 Å². The number of aryl methyl sites for hydroxylation is 1. The van der Waals surface area contributed by atoms with E-state index in [0.717, 1.165) is 15.9 Å². The summed E-state index contributed by atoms with van der Waals surface area (Å²) in [7, 11) is 0. The molecule has 2 aromatic rings. The first-order chi connectivity index (χ1) is 7.20. The van der Waals surface area contributed by atoms with E-state index >= 15 is 0 Å². The van der Waals surface area contributed by atoms with Crippen LogP contribution in [0.4, 0.5) is 0 Å². The summed E-state index contributed by atoms with van der Waals surface area (Å²) >= 11 is 1.23. The second kappa shape index (κ2) is 3.68. The Morgan fingerprint density at radius 3 is 3.13 bits per heavy atom. The standard InChI is InChI=1S/C9H6N4OS/c1-5-2-3-6-4-7(8(14)12-13-10)15-9(6)11-5/h2-4H,1H3. The number of thiophene rings is 1. The molecule has 0 aliphatic rings. The van der Waals surface area contributed by atoms with Crippen LogP contribution < -0.4 is 0 Å². The van der Waals surface area contributed by atoms with Crippen LogP contribution >= 0.6 is 11.3 Å². The Bertz CT molecular complexity index is 583. The van der Waals surface area contributed by atoms with Gasteiger partial charge < -0.3 is 0 Å². The SMILES string of the molecule is Cc1ccc2cc(C(=O)N=[N+]=[N-])sc2n1. The molecule has 0 spiro atoms. The number of carbonyl (C=O) groups excluding carboxylic acids is 1. The molecular weight excluding hydrogens is 212 g/mol. The third-order valence-corrected chi connectivity index (χ3v) is 2.90. The maximum Gasteiger partial charge on any atom is 0.259 e. The molecule has 0 radical (unpaired) electrons. The maximum atomic E-state index is 11.3. The summed E-state index contributed by atoms with van der Waals surface area (Å²) in [5.41, 5.74) is 9.04. The number of azide groups is 1. The highest BCUT2D eigenvalue weighted by Crippen LogP contribution is 2.24. The van der Waals surface area contributed by atoms with Gasteiger partial charge in [0.25, 0.3) is 5.91 Å². The monoisotopic (exact) mass is 218 g/mol. The van der Waals surface area contributed by atoms with Crippen molar-refractivity contribution in [2.45, 2.75) is 6.92 Å². The molecule has 0 aliphatic carbocycles. The predicted molar refractivity (Wildman–Crippen MR) is 57.8 cm³/mol. The zero-order chi connectivity index (χ0) is 10.8. The molecule has 0 unspecified atom stereocenters. The lowest BCUT2D eigenvalue weighted by molar-refractivity contribution is 0.100. The first-order valence-corrected chi connectivity index (χ1v) is 4.99. The highest BCUT2D eigenvalue weighted by atomic mass is 32.1. The average Bonchev–Trinajstić information content (AvgIpc) is 2.60. The summed E-state index contributed by atoms with van der Waals surface area (Å²) in [5, 5.41) is 3.93. The molecule has 0 aromatic carbocycles. The van der Waals surface area contributed by atoms with E-state index in [4.69, 9.17) is 5.53 Å². The number of amides is 1. The molecule has 0 saturated heterocycles. The summed E-state index contributed by atoms with van der Waals surface area (Å²) in [6.45, 7) is 1.88. The highest BCUT2D eigenvalue weighted by Gasteiger charge is 2.08. The average molecular weight is 218 g/mol. The minimum absolute atomic E-state index is 0.418. The smallest absolute Gasteiger partial charge is 0.259 e. The van der Waals surface area contributed by atoms with Gasteiger partial charge in [-0.1, -0.05) is 6.07 Å². The van der Waals surface area contributed by atoms with Crippen LogP contribution in [0.2, 0.25) is 0 Å². The first kappa shape index (κ1) is 9.64. The molecule has 2 rings (SSSR count). The highest BCUT2D eigenvalue weighted by molar-refractivity contribution is 7.20. The zero-order valence-electron chi connectivity index (χ0n) is 7.84. The van der Waals surface area contributed by atoms with Gasteiger partial charge >= 0.3 is 0 Å². The van der Waals surface area contributed by atoms with E-state index in [0.29, 0.717) is 4.88 Å². The minimum atomic E-state index is -0.557. The fourth-order valence-corrected chi connectivity index (χ4v) is 2.16.